The number of nitrogens with one attached hydrogen (secondary N) is 2. The van der Waals surface area contributed by atoms with Gasteiger partial charge in [0.2, 0.25) is 0 Å². The van der Waals surface area contributed by atoms with E-state index >= 15 is 0 Å². The van der Waals surface area contributed by atoms with Gasteiger partial charge in [-0.05, 0) is 12.8 Å². The molecule has 6 heteroatoms. The molecule has 0 radical (unpaired) electrons. The molecule has 1 fully saturated rings. The van der Waals surface area contributed by atoms with Crippen LogP contribution in [-0.4, -0.2) is 35.3 Å². The SMILES string of the molecule is O=C(NC1=NCCS1)C(=O)NC1CCCCC1. The van der Waals surface area contributed by atoms with Crippen LogP contribution in [0.4, 0.5) is 0 Å². The van der Waals surface area contributed by atoms with Crippen molar-refractivity contribution in [1.29, 1.82) is 0 Å². The molecule has 2 rings (SSSR count). The van der Waals surface area contributed by atoms with Gasteiger partial charge in [-0.25, -0.2) is 0 Å². The number of hydrogen-bond donors (Lipinski definition) is 2. The number of thioether (sulfide) groups is 1. The molecule has 5 nitrogen and oxygen atoms in total. The van der Waals surface area contributed by atoms with E-state index in [1.807, 2.05) is 0 Å². The molecule has 0 aromatic rings. The maximum Gasteiger partial charge on any atom is 0.315 e. The first-order valence-electron chi connectivity index (χ1n) is 6.05. The Labute approximate surface area is 105 Å². The highest BCUT2D eigenvalue weighted by Gasteiger charge is 2.22. The van der Waals surface area contributed by atoms with Crippen molar-refractivity contribution in [3.05, 3.63) is 0 Å². The van der Waals surface area contributed by atoms with E-state index in [4.69, 9.17) is 0 Å². The number of amides is 2. The van der Waals surface area contributed by atoms with Crippen LogP contribution in [0.25, 0.3) is 0 Å². The Morgan fingerprint density at radius 2 is 1.94 bits per heavy atom. The van der Waals surface area contributed by atoms with E-state index in [9.17, 15) is 9.59 Å². The number of amidine groups is 1. The molecule has 1 saturated carbocycles. The molecule has 0 aromatic heterocycles. The van der Waals surface area contributed by atoms with Gasteiger partial charge in [0.25, 0.3) is 0 Å². The monoisotopic (exact) mass is 255 g/mol. The second kappa shape index (κ2) is 6.05. The number of carbonyl (C=O) groups is 2. The normalized spacial score (nSPS) is 20.8. The van der Waals surface area contributed by atoms with Gasteiger partial charge in [0.1, 0.15) is 0 Å². The van der Waals surface area contributed by atoms with Gasteiger partial charge in [0.05, 0.1) is 6.54 Å². The second-order valence-electron chi connectivity index (χ2n) is 4.30. The zero-order chi connectivity index (χ0) is 12.1. The zero-order valence-corrected chi connectivity index (χ0v) is 10.5. The quantitative estimate of drug-likeness (QED) is 0.676. The summed E-state index contributed by atoms with van der Waals surface area (Å²) in [6.45, 7) is 0.713. The molecule has 0 atom stereocenters. The van der Waals surface area contributed by atoms with Crippen molar-refractivity contribution in [3.63, 3.8) is 0 Å². The summed E-state index contributed by atoms with van der Waals surface area (Å²) < 4.78 is 0. The minimum atomic E-state index is -0.594. The van der Waals surface area contributed by atoms with Crippen LogP contribution in [0.15, 0.2) is 4.99 Å². The molecule has 17 heavy (non-hydrogen) atoms. The first-order chi connectivity index (χ1) is 8.25. The molecule has 0 aromatic carbocycles. The lowest BCUT2D eigenvalue weighted by molar-refractivity contribution is -0.138. The van der Waals surface area contributed by atoms with Gasteiger partial charge in [-0.1, -0.05) is 31.0 Å². The third kappa shape index (κ3) is 3.73. The average Bonchev–Trinajstić information content (AvgIpc) is 2.83. The molecule has 2 aliphatic rings. The van der Waals surface area contributed by atoms with Crippen LogP contribution in [-0.2, 0) is 9.59 Å². The fourth-order valence-corrected chi connectivity index (χ4v) is 2.79. The van der Waals surface area contributed by atoms with Gasteiger partial charge in [-0.3, -0.25) is 19.9 Å². The molecule has 2 N–H and O–H groups in total. The van der Waals surface area contributed by atoms with Crippen molar-refractivity contribution in [3.8, 4) is 0 Å². The van der Waals surface area contributed by atoms with Crippen LogP contribution in [0.5, 0.6) is 0 Å². The van der Waals surface area contributed by atoms with Crippen molar-refractivity contribution in [2.45, 2.75) is 38.1 Å². The third-order valence-corrected chi connectivity index (χ3v) is 3.84. The lowest BCUT2D eigenvalue weighted by Crippen LogP contribution is -2.46. The minimum Gasteiger partial charge on any atom is -0.345 e. The van der Waals surface area contributed by atoms with Gasteiger partial charge >= 0.3 is 11.8 Å². The molecule has 1 heterocycles. The fraction of sp³-hybridized carbons (Fsp3) is 0.727. The first-order valence-corrected chi connectivity index (χ1v) is 7.03. The zero-order valence-electron chi connectivity index (χ0n) is 9.70. The van der Waals surface area contributed by atoms with E-state index in [1.54, 1.807) is 0 Å². The van der Waals surface area contributed by atoms with Gasteiger partial charge in [0.15, 0.2) is 5.17 Å². The molecular formula is C11H17N3O2S. The Morgan fingerprint density at radius 1 is 1.18 bits per heavy atom. The van der Waals surface area contributed by atoms with Crippen LogP contribution in [0.3, 0.4) is 0 Å². The summed E-state index contributed by atoms with van der Waals surface area (Å²) in [5, 5.41) is 5.87. The summed E-state index contributed by atoms with van der Waals surface area (Å²) in [4.78, 5) is 27.2. The standard InChI is InChI=1S/C11H17N3O2S/c15-9(13-8-4-2-1-3-5-8)10(16)14-11-12-6-7-17-11/h8H,1-7H2,(H,13,15)(H,12,14,16). The van der Waals surface area contributed by atoms with Gasteiger partial charge in [-0.15, -0.1) is 0 Å². The van der Waals surface area contributed by atoms with Crippen molar-refractivity contribution in [2.75, 3.05) is 12.3 Å². The van der Waals surface area contributed by atoms with Crippen molar-refractivity contribution >= 4 is 28.7 Å². The summed E-state index contributed by atoms with van der Waals surface area (Å²) in [7, 11) is 0. The Hall–Kier alpha value is -1.04. The molecule has 0 saturated heterocycles. The highest BCUT2D eigenvalue weighted by atomic mass is 32.2. The lowest BCUT2D eigenvalue weighted by Gasteiger charge is -2.22. The predicted octanol–water partition coefficient (Wildman–Crippen LogP) is 0.654. The molecule has 1 aliphatic heterocycles. The second-order valence-corrected chi connectivity index (χ2v) is 5.38. The summed E-state index contributed by atoms with van der Waals surface area (Å²) in [5.74, 6) is -0.254. The highest BCUT2D eigenvalue weighted by molar-refractivity contribution is 8.14. The highest BCUT2D eigenvalue weighted by Crippen LogP contribution is 2.17. The largest absolute Gasteiger partial charge is 0.345 e. The predicted molar refractivity (Wildman–Crippen MR) is 67.9 cm³/mol. The Balaban J connectivity index is 1.76. The van der Waals surface area contributed by atoms with Gasteiger partial charge in [-0.2, -0.15) is 0 Å². The molecule has 0 unspecified atom stereocenters. The fourth-order valence-electron chi connectivity index (χ4n) is 2.06. The maximum atomic E-state index is 11.6. The van der Waals surface area contributed by atoms with E-state index in [1.165, 1.54) is 18.2 Å². The van der Waals surface area contributed by atoms with E-state index in [0.29, 0.717) is 11.7 Å². The van der Waals surface area contributed by atoms with E-state index in [2.05, 4.69) is 15.6 Å². The molecule has 94 valence electrons. The minimum absolute atomic E-state index is 0.167. The van der Waals surface area contributed by atoms with Crippen LogP contribution in [0.1, 0.15) is 32.1 Å². The summed E-state index contributed by atoms with van der Waals surface area (Å²) >= 11 is 1.47. The van der Waals surface area contributed by atoms with Crippen LogP contribution in [0, 0.1) is 0 Å². The third-order valence-electron chi connectivity index (χ3n) is 2.95. The maximum absolute atomic E-state index is 11.6. The summed E-state index contributed by atoms with van der Waals surface area (Å²) in [5.41, 5.74) is 0. The smallest absolute Gasteiger partial charge is 0.315 e. The topological polar surface area (TPSA) is 70.6 Å². The average molecular weight is 255 g/mol. The van der Waals surface area contributed by atoms with E-state index in [-0.39, 0.29) is 6.04 Å². The van der Waals surface area contributed by atoms with Gasteiger partial charge in [0, 0.05) is 11.8 Å². The van der Waals surface area contributed by atoms with Crippen molar-refractivity contribution in [1.82, 2.24) is 10.6 Å². The molecule has 0 spiro atoms. The Morgan fingerprint density at radius 3 is 2.59 bits per heavy atom. The summed E-state index contributed by atoms with van der Waals surface area (Å²) in [6, 6.07) is 0.167. The first kappa shape index (κ1) is 12.4. The Bertz CT molecular complexity index is 338. The van der Waals surface area contributed by atoms with E-state index < -0.39 is 11.8 Å². The van der Waals surface area contributed by atoms with Crippen LogP contribution >= 0.6 is 11.8 Å². The number of hydrogen-bond acceptors (Lipinski definition) is 4. The molecule has 2 amide bonds. The van der Waals surface area contributed by atoms with Crippen LogP contribution < -0.4 is 10.6 Å². The summed E-state index contributed by atoms with van der Waals surface area (Å²) in [6.07, 6.45) is 5.46. The number of rotatable bonds is 1. The molecule has 0 bridgehead atoms. The van der Waals surface area contributed by atoms with Crippen LogP contribution in [0.2, 0.25) is 0 Å². The number of aliphatic imine (C=N–C) groups is 1. The number of carbonyl (C=O) groups excluding carboxylic acids is 2. The van der Waals surface area contributed by atoms with E-state index in [0.717, 1.165) is 31.4 Å². The molecular weight excluding hydrogens is 238 g/mol. The van der Waals surface area contributed by atoms with Crippen molar-refractivity contribution < 1.29 is 9.59 Å². The van der Waals surface area contributed by atoms with Crippen molar-refractivity contribution in [2.24, 2.45) is 4.99 Å². The van der Waals surface area contributed by atoms with Gasteiger partial charge < -0.3 is 5.32 Å². The lowest BCUT2D eigenvalue weighted by atomic mass is 9.95. The Kier molecular flexibility index (Phi) is 4.42. The molecule has 1 aliphatic carbocycles. The number of nitrogens with zero attached hydrogens (tertiary/aromatic N) is 1.